The van der Waals surface area contributed by atoms with Gasteiger partial charge in [-0.15, -0.1) is 0 Å². The molecule has 3 saturated heterocycles. The molecule has 4 rings (SSSR count). The maximum absolute atomic E-state index is 12.4. The van der Waals surface area contributed by atoms with Gasteiger partial charge in [-0.25, -0.2) is 4.79 Å². The first-order valence-electron chi connectivity index (χ1n) is 9.36. The Morgan fingerprint density at radius 3 is 2.36 bits per heavy atom. The second-order valence-electron chi connectivity index (χ2n) is 7.56. The maximum Gasteiger partial charge on any atom is 0.318 e. The number of hydrogen-bond acceptors (Lipinski definition) is 3. The lowest BCUT2D eigenvalue weighted by Gasteiger charge is -2.43. The summed E-state index contributed by atoms with van der Waals surface area (Å²) in [5.41, 5.74) is 0. The number of nitrogens with one attached hydrogen (secondary N) is 2. The number of amides is 2. The van der Waals surface area contributed by atoms with Crippen molar-refractivity contribution >= 4 is 6.03 Å². The highest BCUT2D eigenvalue weighted by atomic mass is 16.2. The molecule has 0 radical (unpaired) electrons. The molecule has 0 aromatic heterocycles. The summed E-state index contributed by atoms with van der Waals surface area (Å²) in [6, 6.07) is 2.39. The van der Waals surface area contributed by atoms with E-state index in [0.29, 0.717) is 18.1 Å². The highest BCUT2D eigenvalue weighted by Gasteiger charge is 2.44. The van der Waals surface area contributed by atoms with E-state index in [0.717, 1.165) is 6.04 Å². The average Bonchev–Trinajstić information content (AvgIpc) is 2.91. The van der Waals surface area contributed by atoms with Gasteiger partial charge in [0.25, 0.3) is 0 Å². The van der Waals surface area contributed by atoms with E-state index < -0.39 is 0 Å². The normalized spacial score (nSPS) is 35.5. The summed E-state index contributed by atoms with van der Waals surface area (Å²) in [5, 5.41) is 6.70. The fourth-order valence-corrected chi connectivity index (χ4v) is 5.13. The minimum absolute atomic E-state index is 0.220. The zero-order valence-corrected chi connectivity index (χ0v) is 13.6. The predicted molar refractivity (Wildman–Crippen MR) is 86.9 cm³/mol. The summed E-state index contributed by atoms with van der Waals surface area (Å²) in [5.74, 6) is 0. The molecule has 124 valence electrons. The van der Waals surface area contributed by atoms with Crippen LogP contribution in [0.5, 0.6) is 0 Å². The SMILES string of the molecule is O=C1N[C@H]2CCCC[C@H]2N1C1CCN(C2CCNCC2)CC1. The van der Waals surface area contributed by atoms with Crippen LogP contribution in [0.1, 0.15) is 51.4 Å². The first-order valence-corrected chi connectivity index (χ1v) is 9.36. The molecule has 0 unspecified atom stereocenters. The van der Waals surface area contributed by atoms with Crippen LogP contribution in [-0.2, 0) is 0 Å². The van der Waals surface area contributed by atoms with Gasteiger partial charge in [0.2, 0.25) is 0 Å². The molecule has 4 aliphatic rings. The largest absolute Gasteiger partial charge is 0.333 e. The first-order chi connectivity index (χ1) is 10.8. The Morgan fingerprint density at radius 2 is 1.59 bits per heavy atom. The number of nitrogens with zero attached hydrogens (tertiary/aromatic N) is 2. The molecule has 0 bridgehead atoms. The van der Waals surface area contributed by atoms with E-state index in [1.807, 2.05) is 0 Å². The summed E-state index contributed by atoms with van der Waals surface area (Å²) in [6.45, 7) is 4.69. The minimum Gasteiger partial charge on any atom is -0.333 e. The lowest BCUT2D eigenvalue weighted by molar-refractivity contribution is 0.0725. The van der Waals surface area contributed by atoms with Crippen LogP contribution in [0.4, 0.5) is 4.79 Å². The van der Waals surface area contributed by atoms with Crippen molar-refractivity contribution < 1.29 is 4.79 Å². The van der Waals surface area contributed by atoms with Crippen LogP contribution < -0.4 is 10.6 Å². The van der Waals surface area contributed by atoms with Crippen LogP contribution in [0.3, 0.4) is 0 Å². The Labute approximate surface area is 133 Å². The number of hydrogen-bond donors (Lipinski definition) is 2. The third-order valence-corrected chi connectivity index (χ3v) is 6.35. The molecular formula is C17H30N4O. The zero-order valence-electron chi connectivity index (χ0n) is 13.6. The van der Waals surface area contributed by atoms with Crippen molar-refractivity contribution in [1.82, 2.24) is 20.4 Å². The van der Waals surface area contributed by atoms with Gasteiger partial charge in [0, 0.05) is 25.2 Å². The van der Waals surface area contributed by atoms with Crippen molar-refractivity contribution in [3.63, 3.8) is 0 Å². The minimum atomic E-state index is 0.220. The molecule has 5 nitrogen and oxygen atoms in total. The van der Waals surface area contributed by atoms with Crippen LogP contribution in [0.15, 0.2) is 0 Å². The molecule has 1 aliphatic carbocycles. The van der Waals surface area contributed by atoms with E-state index in [9.17, 15) is 4.79 Å². The van der Waals surface area contributed by atoms with E-state index in [-0.39, 0.29) is 6.03 Å². The molecule has 2 amide bonds. The van der Waals surface area contributed by atoms with Crippen LogP contribution in [0, 0.1) is 0 Å². The molecule has 2 atom stereocenters. The molecule has 2 N–H and O–H groups in total. The van der Waals surface area contributed by atoms with E-state index >= 15 is 0 Å². The van der Waals surface area contributed by atoms with Gasteiger partial charge in [0.15, 0.2) is 0 Å². The van der Waals surface area contributed by atoms with Gasteiger partial charge in [-0.3, -0.25) is 0 Å². The number of fused-ring (bicyclic) bond motifs is 1. The molecule has 3 aliphatic heterocycles. The van der Waals surface area contributed by atoms with Crippen LogP contribution in [-0.4, -0.2) is 66.2 Å². The Kier molecular flexibility index (Phi) is 4.27. The fourth-order valence-electron chi connectivity index (χ4n) is 5.13. The number of carbonyl (C=O) groups is 1. The van der Waals surface area contributed by atoms with E-state index in [1.165, 1.54) is 77.5 Å². The third kappa shape index (κ3) is 2.73. The third-order valence-electron chi connectivity index (χ3n) is 6.35. The highest BCUT2D eigenvalue weighted by Crippen LogP contribution is 2.32. The summed E-state index contributed by atoms with van der Waals surface area (Å²) >= 11 is 0. The van der Waals surface area contributed by atoms with E-state index in [2.05, 4.69) is 20.4 Å². The van der Waals surface area contributed by atoms with Crippen LogP contribution >= 0.6 is 0 Å². The van der Waals surface area contributed by atoms with Crippen molar-refractivity contribution in [3.8, 4) is 0 Å². The molecule has 0 aromatic rings. The number of rotatable bonds is 2. The number of likely N-dealkylation sites (tertiary alicyclic amines) is 1. The van der Waals surface area contributed by atoms with Gasteiger partial charge in [-0.05, 0) is 51.6 Å². The van der Waals surface area contributed by atoms with Crippen molar-refractivity contribution in [2.24, 2.45) is 0 Å². The van der Waals surface area contributed by atoms with E-state index in [4.69, 9.17) is 0 Å². The van der Waals surface area contributed by atoms with Crippen LogP contribution in [0.25, 0.3) is 0 Å². The molecule has 22 heavy (non-hydrogen) atoms. The quantitative estimate of drug-likeness (QED) is 0.813. The summed E-state index contributed by atoms with van der Waals surface area (Å²) in [6.07, 6.45) is 9.88. The first kappa shape index (κ1) is 14.8. The number of piperidine rings is 2. The molecule has 5 heteroatoms. The molecule has 4 fully saturated rings. The monoisotopic (exact) mass is 306 g/mol. The average molecular weight is 306 g/mol. The Morgan fingerprint density at radius 1 is 0.864 bits per heavy atom. The maximum atomic E-state index is 12.4. The van der Waals surface area contributed by atoms with Gasteiger partial charge in [-0.1, -0.05) is 12.8 Å². The topological polar surface area (TPSA) is 47.6 Å². The molecular weight excluding hydrogens is 276 g/mol. The predicted octanol–water partition coefficient (Wildman–Crippen LogP) is 1.54. The van der Waals surface area contributed by atoms with Gasteiger partial charge < -0.3 is 20.4 Å². The smallest absolute Gasteiger partial charge is 0.318 e. The van der Waals surface area contributed by atoms with Gasteiger partial charge in [0.05, 0.1) is 12.1 Å². The Bertz CT molecular complexity index is 401. The summed E-state index contributed by atoms with van der Waals surface area (Å²) < 4.78 is 0. The summed E-state index contributed by atoms with van der Waals surface area (Å²) in [7, 11) is 0. The van der Waals surface area contributed by atoms with Crippen molar-refractivity contribution in [1.29, 1.82) is 0 Å². The van der Waals surface area contributed by atoms with Crippen molar-refractivity contribution in [2.45, 2.75) is 75.5 Å². The molecule has 3 heterocycles. The molecule has 1 saturated carbocycles. The molecule has 0 aromatic carbocycles. The highest BCUT2D eigenvalue weighted by molar-refractivity contribution is 5.78. The summed E-state index contributed by atoms with van der Waals surface area (Å²) in [4.78, 5) is 17.3. The molecule has 0 spiro atoms. The van der Waals surface area contributed by atoms with Gasteiger partial charge in [-0.2, -0.15) is 0 Å². The Hall–Kier alpha value is -0.810. The lowest BCUT2D eigenvalue weighted by atomic mass is 9.89. The fraction of sp³-hybridized carbons (Fsp3) is 0.941. The number of urea groups is 1. The second kappa shape index (κ2) is 6.36. The second-order valence-corrected chi connectivity index (χ2v) is 7.56. The zero-order chi connectivity index (χ0) is 14.9. The lowest BCUT2D eigenvalue weighted by Crippen LogP contribution is -2.53. The van der Waals surface area contributed by atoms with Crippen molar-refractivity contribution in [2.75, 3.05) is 26.2 Å². The van der Waals surface area contributed by atoms with Gasteiger partial charge >= 0.3 is 6.03 Å². The Balaban J connectivity index is 1.35. The standard InChI is InChI=1S/C17H30N4O/c22-17-19-15-3-1-2-4-16(15)21(17)14-7-11-20(12-8-14)13-5-9-18-10-6-13/h13-16,18H,1-12H2,(H,19,22)/t15-,16+/m0/s1. The number of carbonyl (C=O) groups excluding carboxylic acids is 1. The van der Waals surface area contributed by atoms with Crippen LogP contribution in [0.2, 0.25) is 0 Å². The van der Waals surface area contributed by atoms with E-state index in [1.54, 1.807) is 0 Å². The van der Waals surface area contributed by atoms with Gasteiger partial charge in [0.1, 0.15) is 0 Å². The van der Waals surface area contributed by atoms with Crippen molar-refractivity contribution in [3.05, 3.63) is 0 Å².